The van der Waals surface area contributed by atoms with E-state index in [-0.39, 0.29) is 29.9 Å². The van der Waals surface area contributed by atoms with E-state index >= 15 is 0 Å². The molecule has 1 aromatic heterocycles. The summed E-state index contributed by atoms with van der Waals surface area (Å²) in [6.07, 6.45) is 1.18. The second-order valence-corrected chi connectivity index (χ2v) is 7.19. The second kappa shape index (κ2) is 8.81. The van der Waals surface area contributed by atoms with E-state index in [0.29, 0.717) is 23.4 Å². The predicted molar refractivity (Wildman–Crippen MR) is 106 cm³/mol. The number of carbonyl (C=O) groups excluding carboxylic acids is 1. The molecule has 1 aliphatic heterocycles. The smallest absolute Gasteiger partial charge is 0.263 e. The number of hydrogen-bond acceptors (Lipinski definition) is 4. The standard InChI is InChI=1S/C15H25N5OS.HI/c1-11-12(22-10-19-11)13(21)17-6-7-18-14(16-4)20-8-5-15(2,3)9-20;/h10H,5-9H2,1-4H3,(H,16,18)(H,17,21);1H. The van der Waals surface area contributed by atoms with E-state index < -0.39 is 0 Å². The van der Waals surface area contributed by atoms with Crippen LogP contribution >= 0.6 is 35.3 Å². The highest BCUT2D eigenvalue weighted by Crippen LogP contribution is 2.28. The average Bonchev–Trinajstić information content (AvgIpc) is 3.04. The van der Waals surface area contributed by atoms with E-state index in [2.05, 4.69) is 39.4 Å². The first-order chi connectivity index (χ1) is 10.4. The molecule has 130 valence electrons. The maximum Gasteiger partial charge on any atom is 0.263 e. The lowest BCUT2D eigenvalue weighted by Crippen LogP contribution is -2.43. The van der Waals surface area contributed by atoms with Gasteiger partial charge in [0.15, 0.2) is 5.96 Å². The topological polar surface area (TPSA) is 69.6 Å². The van der Waals surface area contributed by atoms with Gasteiger partial charge >= 0.3 is 0 Å². The molecule has 1 saturated heterocycles. The summed E-state index contributed by atoms with van der Waals surface area (Å²) in [6.45, 7) is 9.66. The lowest BCUT2D eigenvalue weighted by molar-refractivity contribution is 0.0957. The normalized spacial score (nSPS) is 16.9. The molecule has 2 rings (SSSR count). The molecule has 2 N–H and O–H groups in total. The van der Waals surface area contributed by atoms with Gasteiger partial charge < -0.3 is 15.5 Å². The van der Waals surface area contributed by atoms with Crippen LogP contribution in [0.1, 0.15) is 35.6 Å². The Morgan fingerprint density at radius 3 is 2.65 bits per heavy atom. The molecule has 0 saturated carbocycles. The molecule has 0 aromatic carbocycles. The van der Waals surface area contributed by atoms with Gasteiger partial charge in [0.25, 0.3) is 5.91 Å². The quantitative estimate of drug-likeness (QED) is 0.319. The molecule has 1 fully saturated rings. The van der Waals surface area contributed by atoms with Crippen molar-refractivity contribution in [2.24, 2.45) is 10.4 Å². The summed E-state index contributed by atoms with van der Waals surface area (Å²) >= 11 is 1.37. The Hall–Kier alpha value is -0.900. The van der Waals surface area contributed by atoms with E-state index in [1.54, 1.807) is 12.6 Å². The van der Waals surface area contributed by atoms with Gasteiger partial charge in [-0.25, -0.2) is 4.98 Å². The molecule has 0 aliphatic carbocycles. The number of carbonyl (C=O) groups is 1. The van der Waals surface area contributed by atoms with E-state index in [4.69, 9.17) is 0 Å². The highest BCUT2D eigenvalue weighted by molar-refractivity contribution is 14.0. The van der Waals surface area contributed by atoms with Crippen LogP contribution in [0, 0.1) is 12.3 Å². The molecular formula is C15H26IN5OS. The molecule has 0 radical (unpaired) electrons. The predicted octanol–water partition coefficient (Wildman–Crippen LogP) is 2.11. The van der Waals surface area contributed by atoms with E-state index in [9.17, 15) is 4.79 Å². The molecule has 1 amide bonds. The highest BCUT2D eigenvalue weighted by Gasteiger charge is 2.30. The largest absolute Gasteiger partial charge is 0.354 e. The van der Waals surface area contributed by atoms with E-state index in [1.165, 1.54) is 17.8 Å². The minimum Gasteiger partial charge on any atom is -0.354 e. The first kappa shape index (κ1) is 20.1. The van der Waals surface area contributed by atoms with Crippen molar-refractivity contribution in [1.82, 2.24) is 20.5 Å². The number of halogens is 1. The Morgan fingerprint density at radius 1 is 1.43 bits per heavy atom. The fraction of sp³-hybridized carbons (Fsp3) is 0.667. The van der Waals surface area contributed by atoms with Gasteiger partial charge in [0.1, 0.15) is 4.88 Å². The van der Waals surface area contributed by atoms with Crippen molar-refractivity contribution in [3.8, 4) is 0 Å². The SMILES string of the molecule is CN=C(NCCNC(=O)c1scnc1C)N1CCC(C)(C)C1.I. The Bertz CT molecular complexity index is 558. The lowest BCUT2D eigenvalue weighted by atomic mass is 9.93. The molecule has 23 heavy (non-hydrogen) atoms. The van der Waals surface area contributed by atoms with Crippen molar-refractivity contribution in [3.63, 3.8) is 0 Å². The molecule has 0 spiro atoms. The number of aliphatic imine (C=N–C) groups is 1. The van der Waals surface area contributed by atoms with Crippen LogP contribution in [-0.2, 0) is 0 Å². The molecule has 1 aliphatic rings. The van der Waals surface area contributed by atoms with Crippen LogP contribution in [0.25, 0.3) is 0 Å². The number of likely N-dealkylation sites (tertiary alicyclic amines) is 1. The summed E-state index contributed by atoms with van der Waals surface area (Å²) in [4.78, 5) is 23.3. The maximum atomic E-state index is 12.0. The zero-order chi connectivity index (χ0) is 16.2. The van der Waals surface area contributed by atoms with Crippen molar-refractivity contribution in [2.45, 2.75) is 27.2 Å². The third-order valence-electron chi connectivity index (χ3n) is 3.83. The molecule has 0 atom stereocenters. The molecule has 8 heteroatoms. The number of amides is 1. The Balaban J connectivity index is 0.00000264. The van der Waals surface area contributed by atoms with Crippen molar-refractivity contribution in [1.29, 1.82) is 0 Å². The van der Waals surface area contributed by atoms with Gasteiger partial charge in [-0.15, -0.1) is 35.3 Å². The van der Waals surface area contributed by atoms with Crippen LogP contribution in [-0.4, -0.2) is 55.0 Å². The minimum absolute atomic E-state index is 0. The van der Waals surface area contributed by atoms with Gasteiger partial charge in [-0.1, -0.05) is 13.8 Å². The van der Waals surface area contributed by atoms with Gasteiger partial charge in [-0.3, -0.25) is 9.79 Å². The summed E-state index contributed by atoms with van der Waals surface area (Å²) in [6, 6.07) is 0. The Labute approximate surface area is 159 Å². The van der Waals surface area contributed by atoms with Crippen LogP contribution in [0.2, 0.25) is 0 Å². The van der Waals surface area contributed by atoms with Crippen LogP contribution in [0.5, 0.6) is 0 Å². The summed E-state index contributed by atoms with van der Waals surface area (Å²) in [7, 11) is 1.80. The Morgan fingerprint density at radius 2 is 2.13 bits per heavy atom. The fourth-order valence-electron chi connectivity index (χ4n) is 2.58. The molecule has 2 heterocycles. The lowest BCUT2D eigenvalue weighted by Gasteiger charge is -2.23. The monoisotopic (exact) mass is 451 g/mol. The summed E-state index contributed by atoms with van der Waals surface area (Å²) in [5, 5.41) is 6.22. The van der Waals surface area contributed by atoms with Gasteiger partial charge in [0.2, 0.25) is 0 Å². The number of rotatable bonds is 4. The number of aromatic nitrogens is 1. The van der Waals surface area contributed by atoms with Crippen LogP contribution in [0.4, 0.5) is 0 Å². The number of hydrogen-bond donors (Lipinski definition) is 2. The average molecular weight is 451 g/mol. The van der Waals surface area contributed by atoms with Crippen LogP contribution in [0.3, 0.4) is 0 Å². The number of nitrogens with zero attached hydrogens (tertiary/aromatic N) is 3. The Kier molecular flexibility index (Phi) is 7.72. The number of aryl methyl sites for hydroxylation is 1. The zero-order valence-corrected chi connectivity index (χ0v) is 17.3. The molecule has 6 nitrogen and oxygen atoms in total. The third-order valence-corrected chi connectivity index (χ3v) is 4.76. The van der Waals surface area contributed by atoms with Crippen molar-refractivity contribution in [3.05, 3.63) is 16.1 Å². The molecule has 1 aromatic rings. The number of guanidine groups is 1. The van der Waals surface area contributed by atoms with Gasteiger partial charge in [-0.05, 0) is 18.8 Å². The summed E-state index contributed by atoms with van der Waals surface area (Å²) in [5.74, 6) is 0.855. The second-order valence-electron chi connectivity index (χ2n) is 6.33. The number of nitrogens with one attached hydrogen (secondary N) is 2. The van der Waals surface area contributed by atoms with E-state index in [1.807, 2.05) is 6.92 Å². The number of thiazole rings is 1. The molecule has 0 bridgehead atoms. The highest BCUT2D eigenvalue weighted by atomic mass is 127. The van der Waals surface area contributed by atoms with Crippen LogP contribution in [0.15, 0.2) is 10.5 Å². The fourth-order valence-corrected chi connectivity index (χ4v) is 3.29. The zero-order valence-electron chi connectivity index (χ0n) is 14.2. The van der Waals surface area contributed by atoms with Crippen molar-refractivity contribution >= 4 is 47.2 Å². The molecular weight excluding hydrogens is 425 g/mol. The van der Waals surface area contributed by atoms with Gasteiger partial charge in [0.05, 0.1) is 11.2 Å². The van der Waals surface area contributed by atoms with E-state index in [0.717, 1.165) is 24.7 Å². The van der Waals surface area contributed by atoms with Crippen molar-refractivity contribution < 1.29 is 4.79 Å². The van der Waals surface area contributed by atoms with Gasteiger partial charge in [0, 0.05) is 33.2 Å². The maximum absolute atomic E-state index is 12.0. The molecule has 0 unspecified atom stereocenters. The van der Waals surface area contributed by atoms with Gasteiger partial charge in [-0.2, -0.15) is 0 Å². The minimum atomic E-state index is -0.0564. The first-order valence-electron chi connectivity index (χ1n) is 7.57. The van der Waals surface area contributed by atoms with Crippen molar-refractivity contribution in [2.75, 3.05) is 33.2 Å². The third kappa shape index (κ3) is 5.59. The first-order valence-corrected chi connectivity index (χ1v) is 8.45. The summed E-state index contributed by atoms with van der Waals surface area (Å²) < 4.78 is 0. The summed E-state index contributed by atoms with van der Waals surface area (Å²) in [5.41, 5.74) is 2.82. The van der Waals surface area contributed by atoms with Crippen LogP contribution < -0.4 is 10.6 Å².